The Labute approximate surface area is 129 Å². The monoisotopic (exact) mass is 292 g/mol. The van der Waals surface area contributed by atoms with E-state index in [4.69, 9.17) is 0 Å². The molecule has 21 heavy (non-hydrogen) atoms. The molecule has 1 aliphatic heterocycles. The minimum Gasteiger partial charge on any atom is -0.354 e. The van der Waals surface area contributed by atoms with E-state index in [2.05, 4.69) is 61.7 Å². The Kier molecular flexibility index (Phi) is 5.31. The minimum atomic E-state index is 0.595. The van der Waals surface area contributed by atoms with Gasteiger partial charge in [-0.2, -0.15) is 5.10 Å². The van der Waals surface area contributed by atoms with Gasteiger partial charge < -0.3 is 10.2 Å². The summed E-state index contributed by atoms with van der Waals surface area (Å²) in [4.78, 5) is 2.57. The van der Waals surface area contributed by atoms with Crippen molar-refractivity contribution in [3.63, 3.8) is 0 Å². The van der Waals surface area contributed by atoms with Crippen molar-refractivity contribution in [3.05, 3.63) is 11.3 Å². The molecule has 4 nitrogen and oxygen atoms in total. The smallest absolute Gasteiger partial charge is 0.131 e. The summed E-state index contributed by atoms with van der Waals surface area (Å²) in [6.07, 6.45) is 2.63. The molecule has 0 radical (unpaired) electrons. The first-order valence-electron chi connectivity index (χ1n) is 8.41. The molecule has 2 rings (SSSR count). The van der Waals surface area contributed by atoms with E-state index in [9.17, 15) is 0 Å². The van der Waals surface area contributed by atoms with E-state index in [1.165, 1.54) is 24.2 Å². The maximum Gasteiger partial charge on any atom is 0.131 e. The predicted octanol–water partition coefficient (Wildman–Crippen LogP) is 3.10. The van der Waals surface area contributed by atoms with Gasteiger partial charge in [-0.3, -0.25) is 4.68 Å². The molecule has 1 fully saturated rings. The molecule has 1 saturated heterocycles. The van der Waals surface area contributed by atoms with Crippen LogP contribution in [0.3, 0.4) is 0 Å². The first-order valence-corrected chi connectivity index (χ1v) is 8.41. The fourth-order valence-electron chi connectivity index (χ4n) is 3.38. The number of nitrogens with one attached hydrogen (secondary N) is 1. The Hall–Kier alpha value is -1.03. The summed E-state index contributed by atoms with van der Waals surface area (Å²) in [6, 6.07) is 0.595. The van der Waals surface area contributed by atoms with E-state index in [0.29, 0.717) is 12.0 Å². The van der Waals surface area contributed by atoms with Gasteiger partial charge in [0.1, 0.15) is 5.82 Å². The Morgan fingerprint density at radius 1 is 1.33 bits per heavy atom. The molecule has 0 saturated carbocycles. The van der Waals surface area contributed by atoms with Crippen LogP contribution in [0.25, 0.3) is 0 Å². The minimum absolute atomic E-state index is 0.595. The molecule has 4 heteroatoms. The van der Waals surface area contributed by atoms with Crippen molar-refractivity contribution < 1.29 is 0 Å². The normalized spacial score (nSPS) is 23.1. The molecule has 0 aromatic carbocycles. The van der Waals surface area contributed by atoms with Gasteiger partial charge in [0, 0.05) is 31.7 Å². The van der Waals surface area contributed by atoms with E-state index in [-0.39, 0.29) is 0 Å². The van der Waals surface area contributed by atoms with E-state index in [1.807, 2.05) is 0 Å². The molecule has 2 heterocycles. The van der Waals surface area contributed by atoms with Gasteiger partial charge in [0.15, 0.2) is 0 Å². The number of rotatable bonds is 5. The maximum atomic E-state index is 4.68. The van der Waals surface area contributed by atoms with Crippen molar-refractivity contribution in [1.82, 2.24) is 15.1 Å². The van der Waals surface area contributed by atoms with E-state index in [1.54, 1.807) is 0 Å². The van der Waals surface area contributed by atoms with Crippen LogP contribution < -0.4 is 10.2 Å². The Morgan fingerprint density at radius 3 is 2.71 bits per heavy atom. The summed E-state index contributed by atoms with van der Waals surface area (Å²) in [5.74, 6) is 2.76. The molecule has 0 aliphatic carbocycles. The second kappa shape index (κ2) is 6.82. The number of anilines is 1. The first-order chi connectivity index (χ1) is 9.91. The van der Waals surface area contributed by atoms with Crippen LogP contribution in [0.1, 0.15) is 51.8 Å². The molecular formula is C17H32N4. The topological polar surface area (TPSA) is 33.1 Å². The number of nitrogens with zero attached hydrogens (tertiary/aromatic N) is 3. The molecule has 120 valence electrons. The van der Waals surface area contributed by atoms with E-state index in [0.717, 1.165) is 31.2 Å². The molecular weight excluding hydrogens is 260 g/mol. The summed E-state index contributed by atoms with van der Waals surface area (Å²) >= 11 is 0. The molecule has 0 amide bonds. The third-order valence-electron chi connectivity index (χ3n) is 4.81. The SMILES string of the molecule is Cc1nn(C)c(N2CCCC(C)C2C)c1CNCC(C)C. The molecule has 1 aromatic heterocycles. The zero-order chi connectivity index (χ0) is 15.6. The van der Waals surface area contributed by atoms with Gasteiger partial charge in [-0.25, -0.2) is 0 Å². The lowest BCUT2D eigenvalue weighted by atomic mass is 9.92. The van der Waals surface area contributed by atoms with Crippen molar-refractivity contribution in [2.75, 3.05) is 18.0 Å². The number of piperidine rings is 1. The van der Waals surface area contributed by atoms with Gasteiger partial charge >= 0.3 is 0 Å². The summed E-state index contributed by atoms with van der Waals surface area (Å²) in [5, 5.41) is 8.26. The van der Waals surface area contributed by atoms with Gasteiger partial charge in [-0.15, -0.1) is 0 Å². The van der Waals surface area contributed by atoms with E-state index >= 15 is 0 Å². The average Bonchev–Trinajstić information content (AvgIpc) is 2.68. The van der Waals surface area contributed by atoms with Crippen molar-refractivity contribution in [1.29, 1.82) is 0 Å². The fraction of sp³-hybridized carbons (Fsp3) is 0.824. The Morgan fingerprint density at radius 2 is 2.05 bits per heavy atom. The average molecular weight is 292 g/mol. The van der Waals surface area contributed by atoms with Gasteiger partial charge in [0.2, 0.25) is 0 Å². The molecule has 2 unspecified atom stereocenters. The second-order valence-electron chi connectivity index (χ2n) is 7.09. The van der Waals surface area contributed by atoms with Crippen molar-refractivity contribution in [3.8, 4) is 0 Å². The summed E-state index contributed by atoms with van der Waals surface area (Å²) < 4.78 is 2.08. The second-order valence-corrected chi connectivity index (χ2v) is 7.09. The largest absolute Gasteiger partial charge is 0.354 e. The first kappa shape index (κ1) is 16.3. The number of hydrogen-bond acceptors (Lipinski definition) is 3. The Bertz CT molecular complexity index is 464. The van der Waals surface area contributed by atoms with Crippen molar-refractivity contribution in [2.24, 2.45) is 18.9 Å². The third kappa shape index (κ3) is 3.60. The van der Waals surface area contributed by atoms with E-state index < -0.39 is 0 Å². The Balaban J connectivity index is 2.21. The van der Waals surface area contributed by atoms with Crippen LogP contribution in [0.5, 0.6) is 0 Å². The highest BCUT2D eigenvalue weighted by atomic mass is 15.4. The molecule has 0 bridgehead atoms. The summed E-state index contributed by atoms with van der Waals surface area (Å²) in [6.45, 7) is 14.5. The predicted molar refractivity (Wildman–Crippen MR) is 89.7 cm³/mol. The highest BCUT2D eigenvalue weighted by molar-refractivity contribution is 5.51. The van der Waals surface area contributed by atoms with Gasteiger partial charge in [0.05, 0.1) is 5.69 Å². The van der Waals surface area contributed by atoms with Gasteiger partial charge in [0.25, 0.3) is 0 Å². The summed E-state index contributed by atoms with van der Waals surface area (Å²) in [7, 11) is 2.08. The lowest BCUT2D eigenvalue weighted by Gasteiger charge is -2.40. The zero-order valence-corrected chi connectivity index (χ0v) is 14.6. The number of hydrogen-bond donors (Lipinski definition) is 1. The number of aromatic nitrogens is 2. The third-order valence-corrected chi connectivity index (χ3v) is 4.81. The van der Waals surface area contributed by atoms with Crippen molar-refractivity contribution >= 4 is 5.82 Å². The van der Waals surface area contributed by atoms with Crippen LogP contribution in [0, 0.1) is 18.8 Å². The lowest BCUT2D eigenvalue weighted by molar-refractivity contribution is 0.358. The lowest BCUT2D eigenvalue weighted by Crippen LogP contribution is -2.44. The van der Waals surface area contributed by atoms with Crippen LogP contribution in [0.15, 0.2) is 0 Å². The fourth-order valence-corrected chi connectivity index (χ4v) is 3.38. The van der Waals surface area contributed by atoms with Crippen LogP contribution in [-0.4, -0.2) is 28.9 Å². The molecule has 2 atom stereocenters. The van der Waals surface area contributed by atoms with Crippen LogP contribution in [-0.2, 0) is 13.6 Å². The molecule has 1 N–H and O–H groups in total. The van der Waals surface area contributed by atoms with Crippen LogP contribution in [0.4, 0.5) is 5.82 Å². The zero-order valence-electron chi connectivity index (χ0n) is 14.6. The maximum absolute atomic E-state index is 4.68. The molecule has 1 aromatic rings. The van der Waals surface area contributed by atoms with Crippen molar-refractivity contribution in [2.45, 2.75) is 60.0 Å². The standard InChI is InChI=1S/C17H32N4/c1-12(2)10-18-11-16-14(4)19-20(6)17(16)21-9-7-8-13(3)15(21)5/h12-13,15,18H,7-11H2,1-6H3. The van der Waals surface area contributed by atoms with Gasteiger partial charge in [-0.1, -0.05) is 20.8 Å². The number of aryl methyl sites for hydroxylation is 2. The van der Waals surface area contributed by atoms with Gasteiger partial charge in [-0.05, 0) is 45.1 Å². The summed E-state index contributed by atoms with van der Waals surface area (Å²) in [5.41, 5.74) is 2.54. The molecule has 0 spiro atoms. The van der Waals surface area contributed by atoms with Crippen LogP contribution in [0.2, 0.25) is 0 Å². The quantitative estimate of drug-likeness (QED) is 0.905. The highest BCUT2D eigenvalue weighted by Crippen LogP contribution is 2.31. The van der Waals surface area contributed by atoms with Crippen LogP contribution >= 0.6 is 0 Å². The molecule has 1 aliphatic rings. The highest BCUT2D eigenvalue weighted by Gasteiger charge is 2.29.